The van der Waals surface area contributed by atoms with Crippen LogP contribution >= 0.6 is 0 Å². The highest BCUT2D eigenvalue weighted by Crippen LogP contribution is 2.29. The van der Waals surface area contributed by atoms with Gasteiger partial charge in [0.1, 0.15) is 12.3 Å². The van der Waals surface area contributed by atoms with Gasteiger partial charge in [-0.2, -0.15) is 0 Å². The van der Waals surface area contributed by atoms with Crippen molar-refractivity contribution in [1.82, 2.24) is 15.1 Å². The first-order valence-electron chi connectivity index (χ1n) is 8.50. The average Bonchev–Trinajstić information content (AvgIpc) is 3.26. The minimum atomic E-state index is -1.36. The molecule has 1 fully saturated rings. The van der Waals surface area contributed by atoms with Crippen molar-refractivity contribution in [2.24, 2.45) is 0 Å². The van der Waals surface area contributed by atoms with Gasteiger partial charge in [0.05, 0.1) is 13.4 Å². The van der Waals surface area contributed by atoms with Gasteiger partial charge < -0.3 is 19.4 Å². The molecule has 1 aliphatic heterocycles. The van der Waals surface area contributed by atoms with Crippen LogP contribution in [0, 0.1) is 5.82 Å². The first-order valence-corrected chi connectivity index (χ1v) is 8.50. The molecule has 2 aromatic rings. The van der Waals surface area contributed by atoms with Gasteiger partial charge in [-0.05, 0) is 36.8 Å². The molecule has 1 unspecified atom stereocenters. The number of hydrogen-bond acceptors (Lipinski definition) is 5. The van der Waals surface area contributed by atoms with Gasteiger partial charge in [-0.1, -0.05) is 6.07 Å². The van der Waals surface area contributed by atoms with Crippen LogP contribution in [-0.2, 0) is 21.7 Å². The van der Waals surface area contributed by atoms with Crippen LogP contribution in [0.2, 0.25) is 0 Å². The molecule has 3 rings (SSSR count). The topological polar surface area (TPSA) is 92.1 Å². The molecule has 148 valence electrons. The molecule has 0 bridgehead atoms. The zero-order valence-corrected chi connectivity index (χ0v) is 15.7. The number of likely N-dealkylation sites (N-methyl/N-ethyl adjacent to an activating group) is 1. The lowest BCUT2D eigenvalue weighted by molar-refractivity contribution is -0.138. The number of ether oxygens (including phenoxy) is 1. The summed E-state index contributed by atoms with van der Waals surface area (Å²) in [5.74, 6) is -1.20. The highest BCUT2D eigenvalue weighted by molar-refractivity contribution is 6.08. The molecule has 1 saturated heterocycles. The number of amides is 4. The fourth-order valence-electron chi connectivity index (χ4n) is 3.00. The monoisotopic (exact) mass is 389 g/mol. The van der Waals surface area contributed by atoms with E-state index >= 15 is 0 Å². The summed E-state index contributed by atoms with van der Waals surface area (Å²) in [6, 6.07) is 6.87. The second-order valence-electron chi connectivity index (χ2n) is 6.64. The third kappa shape index (κ3) is 3.42. The first kappa shape index (κ1) is 19.4. The number of halogens is 1. The number of urea groups is 1. The Bertz CT molecular complexity index is 914. The van der Waals surface area contributed by atoms with E-state index in [1.54, 1.807) is 18.2 Å². The number of carbonyl (C=O) groups excluding carboxylic acids is 3. The van der Waals surface area contributed by atoms with Gasteiger partial charge in [0.15, 0.2) is 17.1 Å². The van der Waals surface area contributed by atoms with E-state index in [2.05, 4.69) is 5.32 Å². The second kappa shape index (κ2) is 7.34. The van der Waals surface area contributed by atoms with Crippen molar-refractivity contribution in [3.05, 3.63) is 53.7 Å². The van der Waals surface area contributed by atoms with E-state index in [-0.39, 0.29) is 18.1 Å². The lowest BCUT2D eigenvalue weighted by Crippen LogP contribution is -2.43. The van der Waals surface area contributed by atoms with Crippen LogP contribution in [0.4, 0.5) is 9.18 Å². The third-order valence-corrected chi connectivity index (χ3v) is 4.64. The fraction of sp³-hybridized carbons (Fsp3) is 0.316. The van der Waals surface area contributed by atoms with E-state index < -0.39 is 35.7 Å². The predicted molar refractivity (Wildman–Crippen MR) is 95.7 cm³/mol. The van der Waals surface area contributed by atoms with Gasteiger partial charge in [0, 0.05) is 13.6 Å². The normalized spacial score (nSPS) is 18.9. The highest BCUT2D eigenvalue weighted by Gasteiger charge is 2.51. The number of nitrogens with zero attached hydrogens (tertiary/aromatic N) is 2. The van der Waals surface area contributed by atoms with E-state index in [9.17, 15) is 18.8 Å². The Morgan fingerprint density at radius 2 is 2.11 bits per heavy atom. The molecular formula is C19H20FN3O5. The zero-order valence-electron chi connectivity index (χ0n) is 15.7. The van der Waals surface area contributed by atoms with Crippen LogP contribution in [0.25, 0.3) is 0 Å². The average molecular weight is 389 g/mol. The maximum absolute atomic E-state index is 13.8. The molecule has 2 heterocycles. The molecule has 0 saturated carbocycles. The van der Waals surface area contributed by atoms with E-state index in [4.69, 9.17) is 9.15 Å². The number of nitrogens with one attached hydrogen (secondary N) is 1. The number of hydrogen-bond donors (Lipinski definition) is 1. The summed E-state index contributed by atoms with van der Waals surface area (Å²) >= 11 is 0. The van der Waals surface area contributed by atoms with Gasteiger partial charge in [-0.3, -0.25) is 14.5 Å². The van der Waals surface area contributed by atoms with Crippen molar-refractivity contribution in [2.45, 2.75) is 19.0 Å². The quantitative estimate of drug-likeness (QED) is 0.762. The summed E-state index contributed by atoms with van der Waals surface area (Å²) in [7, 11) is 2.87. The van der Waals surface area contributed by atoms with Crippen LogP contribution < -0.4 is 10.1 Å². The molecule has 0 spiro atoms. The van der Waals surface area contributed by atoms with Gasteiger partial charge in [0.25, 0.3) is 5.91 Å². The molecule has 9 heteroatoms. The van der Waals surface area contributed by atoms with Crippen molar-refractivity contribution in [3.63, 3.8) is 0 Å². The van der Waals surface area contributed by atoms with Crippen molar-refractivity contribution < 1.29 is 27.9 Å². The van der Waals surface area contributed by atoms with E-state index in [0.29, 0.717) is 5.56 Å². The summed E-state index contributed by atoms with van der Waals surface area (Å²) in [5, 5.41) is 2.56. The Morgan fingerprint density at radius 1 is 1.36 bits per heavy atom. The van der Waals surface area contributed by atoms with Gasteiger partial charge >= 0.3 is 6.03 Å². The molecule has 0 radical (unpaired) electrons. The van der Waals surface area contributed by atoms with Crippen LogP contribution in [0.15, 0.2) is 41.0 Å². The number of methoxy groups -OCH3 is 1. The summed E-state index contributed by atoms with van der Waals surface area (Å²) in [6.45, 7) is 1.19. The lowest BCUT2D eigenvalue weighted by Gasteiger charge is -2.22. The molecular weight excluding hydrogens is 369 g/mol. The molecule has 1 aromatic carbocycles. The molecule has 1 atom stereocenters. The van der Waals surface area contributed by atoms with Gasteiger partial charge in [0.2, 0.25) is 5.91 Å². The Balaban J connectivity index is 1.68. The maximum Gasteiger partial charge on any atom is 0.325 e. The SMILES string of the molecule is COc1ccc(CN(C)C(=O)CN2C(=O)NC(C)(c3ccco3)C2=O)cc1F. The van der Waals surface area contributed by atoms with Crippen molar-refractivity contribution >= 4 is 17.8 Å². The molecule has 8 nitrogen and oxygen atoms in total. The molecule has 4 amide bonds. The Kier molecular flexibility index (Phi) is 5.08. The largest absolute Gasteiger partial charge is 0.494 e. The molecule has 28 heavy (non-hydrogen) atoms. The van der Waals surface area contributed by atoms with Crippen molar-refractivity contribution in [2.75, 3.05) is 20.7 Å². The summed E-state index contributed by atoms with van der Waals surface area (Å²) in [5.41, 5.74) is -0.815. The van der Waals surface area contributed by atoms with E-state index in [1.807, 2.05) is 0 Å². The van der Waals surface area contributed by atoms with Gasteiger partial charge in [-0.15, -0.1) is 0 Å². The summed E-state index contributed by atoms with van der Waals surface area (Å²) < 4.78 is 23.9. The Labute approximate surface area is 160 Å². The summed E-state index contributed by atoms with van der Waals surface area (Å²) in [4.78, 5) is 39.6. The van der Waals surface area contributed by atoms with Crippen molar-refractivity contribution in [1.29, 1.82) is 0 Å². The molecule has 1 N–H and O–H groups in total. The van der Waals surface area contributed by atoms with E-state index in [0.717, 1.165) is 4.90 Å². The van der Waals surface area contributed by atoms with Crippen molar-refractivity contribution in [3.8, 4) is 5.75 Å². The van der Waals surface area contributed by atoms with Gasteiger partial charge in [-0.25, -0.2) is 9.18 Å². The number of rotatable bonds is 6. The third-order valence-electron chi connectivity index (χ3n) is 4.64. The first-order chi connectivity index (χ1) is 13.3. The highest BCUT2D eigenvalue weighted by atomic mass is 19.1. The number of benzene rings is 1. The predicted octanol–water partition coefficient (Wildman–Crippen LogP) is 1.85. The van der Waals surface area contributed by atoms with Crippen LogP contribution in [0.1, 0.15) is 18.2 Å². The maximum atomic E-state index is 13.8. The lowest BCUT2D eigenvalue weighted by atomic mass is 9.99. The smallest absolute Gasteiger partial charge is 0.325 e. The Hall–Kier alpha value is -3.36. The minimum absolute atomic E-state index is 0.106. The second-order valence-corrected chi connectivity index (χ2v) is 6.64. The fourth-order valence-corrected chi connectivity index (χ4v) is 3.00. The molecule has 0 aliphatic carbocycles. The standard InChI is InChI=1S/C19H20FN3O5/c1-19(15-5-4-8-28-15)17(25)23(18(26)21-19)11-16(24)22(2)10-12-6-7-14(27-3)13(20)9-12/h4-9H,10-11H2,1-3H3,(H,21,26). The molecule has 1 aromatic heterocycles. The summed E-state index contributed by atoms with van der Waals surface area (Å²) in [6.07, 6.45) is 1.40. The van der Waals surface area contributed by atoms with Crippen LogP contribution in [0.5, 0.6) is 5.75 Å². The minimum Gasteiger partial charge on any atom is -0.494 e. The molecule has 1 aliphatic rings. The zero-order chi connectivity index (χ0) is 20.5. The Morgan fingerprint density at radius 3 is 2.71 bits per heavy atom. The number of furan rings is 1. The van der Waals surface area contributed by atoms with E-state index in [1.165, 1.54) is 44.4 Å². The van der Waals surface area contributed by atoms with Crippen LogP contribution in [-0.4, -0.2) is 48.3 Å². The number of carbonyl (C=O) groups is 3. The number of imide groups is 1. The van der Waals surface area contributed by atoms with Crippen LogP contribution in [0.3, 0.4) is 0 Å².